The number of ether oxygens (including phenoxy) is 1. The molecule has 2 atom stereocenters. The number of methoxy groups -OCH3 is 1. The SMILES string of the molecule is COc1ccc(NC2CCCCC2N)cc1C(C)C. The molecule has 1 fully saturated rings. The molecule has 19 heavy (non-hydrogen) atoms. The van der Waals surface area contributed by atoms with Gasteiger partial charge in [-0.25, -0.2) is 0 Å². The van der Waals surface area contributed by atoms with Gasteiger partial charge in [-0.15, -0.1) is 0 Å². The lowest BCUT2D eigenvalue weighted by molar-refractivity contribution is 0.402. The van der Waals surface area contributed by atoms with Gasteiger partial charge in [0, 0.05) is 17.8 Å². The molecule has 1 aliphatic rings. The maximum atomic E-state index is 6.19. The molecular formula is C16H26N2O. The van der Waals surface area contributed by atoms with Crippen molar-refractivity contribution in [2.75, 3.05) is 12.4 Å². The van der Waals surface area contributed by atoms with Crippen molar-refractivity contribution in [1.29, 1.82) is 0 Å². The van der Waals surface area contributed by atoms with Gasteiger partial charge in [0.2, 0.25) is 0 Å². The highest BCUT2D eigenvalue weighted by Gasteiger charge is 2.21. The molecule has 3 heteroatoms. The number of benzene rings is 1. The summed E-state index contributed by atoms with van der Waals surface area (Å²) in [5.41, 5.74) is 8.60. The van der Waals surface area contributed by atoms with Gasteiger partial charge in [-0.2, -0.15) is 0 Å². The zero-order chi connectivity index (χ0) is 13.8. The van der Waals surface area contributed by atoms with Crippen molar-refractivity contribution < 1.29 is 4.74 Å². The van der Waals surface area contributed by atoms with E-state index in [0.717, 1.165) is 17.9 Å². The van der Waals surface area contributed by atoms with Crippen molar-refractivity contribution in [3.8, 4) is 5.75 Å². The third-order valence-electron chi connectivity index (χ3n) is 4.02. The van der Waals surface area contributed by atoms with E-state index in [1.807, 2.05) is 6.07 Å². The average Bonchev–Trinajstić information content (AvgIpc) is 2.41. The Morgan fingerprint density at radius 2 is 2.00 bits per heavy atom. The van der Waals surface area contributed by atoms with Crippen LogP contribution in [0.3, 0.4) is 0 Å². The van der Waals surface area contributed by atoms with Crippen LogP contribution < -0.4 is 15.8 Å². The van der Waals surface area contributed by atoms with Gasteiger partial charge >= 0.3 is 0 Å². The summed E-state index contributed by atoms with van der Waals surface area (Å²) in [6, 6.07) is 7.02. The van der Waals surface area contributed by atoms with Crippen LogP contribution in [0.25, 0.3) is 0 Å². The Morgan fingerprint density at radius 3 is 2.63 bits per heavy atom. The number of hydrogen-bond donors (Lipinski definition) is 2. The summed E-state index contributed by atoms with van der Waals surface area (Å²) in [7, 11) is 1.73. The van der Waals surface area contributed by atoms with Crippen LogP contribution in [0.2, 0.25) is 0 Å². The van der Waals surface area contributed by atoms with Crippen molar-refractivity contribution >= 4 is 5.69 Å². The molecule has 0 radical (unpaired) electrons. The fourth-order valence-electron chi connectivity index (χ4n) is 2.83. The molecule has 0 amide bonds. The molecule has 0 spiro atoms. The molecule has 1 aromatic rings. The smallest absolute Gasteiger partial charge is 0.122 e. The minimum Gasteiger partial charge on any atom is -0.496 e. The van der Waals surface area contributed by atoms with Gasteiger partial charge in [0.1, 0.15) is 5.75 Å². The van der Waals surface area contributed by atoms with Crippen LogP contribution in [0.1, 0.15) is 51.0 Å². The number of nitrogens with two attached hydrogens (primary N) is 1. The number of rotatable bonds is 4. The summed E-state index contributed by atoms with van der Waals surface area (Å²) in [5.74, 6) is 1.42. The van der Waals surface area contributed by atoms with Crippen molar-refractivity contribution in [1.82, 2.24) is 0 Å². The molecular weight excluding hydrogens is 236 g/mol. The number of nitrogens with one attached hydrogen (secondary N) is 1. The Balaban J connectivity index is 2.14. The Kier molecular flexibility index (Phi) is 4.70. The molecule has 0 aliphatic heterocycles. The molecule has 1 aromatic carbocycles. The molecule has 2 rings (SSSR count). The minimum absolute atomic E-state index is 0.276. The summed E-state index contributed by atoms with van der Waals surface area (Å²) >= 11 is 0. The van der Waals surface area contributed by atoms with E-state index in [-0.39, 0.29) is 6.04 Å². The monoisotopic (exact) mass is 262 g/mol. The van der Waals surface area contributed by atoms with E-state index in [9.17, 15) is 0 Å². The molecule has 0 bridgehead atoms. The summed E-state index contributed by atoms with van der Waals surface area (Å²) in [6.45, 7) is 4.38. The van der Waals surface area contributed by atoms with Crippen LogP contribution in [0, 0.1) is 0 Å². The zero-order valence-corrected chi connectivity index (χ0v) is 12.3. The molecule has 0 heterocycles. The lowest BCUT2D eigenvalue weighted by atomic mass is 9.90. The van der Waals surface area contributed by atoms with Crippen LogP contribution >= 0.6 is 0 Å². The Morgan fingerprint density at radius 1 is 1.26 bits per heavy atom. The van der Waals surface area contributed by atoms with E-state index in [1.165, 1.54) is 24.8 Å². The van der Waals surface area contributed by atoms with E-state index < -0.39 is 0 Å². The van der Waals surface area contributed by atoms with E-state index >= 15 is 0 Å². The fourth-order valence-corrected chi connectivity index (χ4v) is 2.83. The van der Waals surface area contributed by atoms with Crippen molar-refractivity contribution in [3.63, 3.8) is 0 Å². The van der Waals surface area contributed by atoms with E-state index in [1.54, 1.807) is 7.11 Å². The predicted molar refractivity (Wildman–Crippen MR) is 80.9 cm³/mol. The second-order valence-corrected chi connectivity index (χ2v) is 5.81. The molecule has 106 valence electrons. The molecule has 3 N–H and O–H groups in total. The Hall–Kier alpha value is -1.22. The molecule has 3 nitrogen and oxygen atoms in total. The van der Waals surface area contributed by atoms with Gasteiger partial charge < -0.3 is 15.8 Å². The quantitative estimate of drug-likeness (QED) is 0.873. The number of hydrogen-bond acceptors (Lipinski definition) is 3. The molecule has 0 aromatic heterocycles. The van der Waals surface area contributed by atoms with E-state index in [2.05, 4.69) is 31.3 Å². The van der Waals surface area contributed by atoms with Crippen LogP contribution in [-0.2, 0) is 0 Å². The van der Waals surface area contributed by atoms with Gasteiger partial charge in [-0.1, -0.05) is 26.7 Å². The Labute approximate surface area is 116 Å². The van der Waals surface area contributed by atoms with Crippen LogP contribution in [0.4, 0.5) is 5.69 Å². The summed E-state index contributed by atoms with van der Waals surface area (Å²) in [4.78, 5) is 0. The fraction of sp³-hybridized carbons (Fsp3) is 0.625. The van der Waals surface area contributed by atoms with Crippen molar-refractivity contribution in [3.05, 3.63) is 23.8 Å². The highest BCUT2D eigenvalue weighted by Crippen LogP contribution is 2.30. The first-order chi connectivity index (χ1) is 9.11. The van der Waals surface area contributed by atoms with Gasteiger partial charge in [-0.05, 0) is 42.5 Å². The van der Waals surface area contributed by atoms with Gasteiger partial charge in [0.15, 0.2) is 0 Å². The zero-order valence-electron chi connectivity index (χ0n) is 12.3. The lowest BCUT2D eigenvalue weighted by Crippen LogP contribution is -2.42. The van der Waals surface area contributed by atoms with Crippen molar-refractivity contribution in [2.45, 2.75) is 57.5 Å². The third kappa shape index (κ3) is 3.41. The van der Waals surface area contributed by atoms with E-state index in [0.29, 0.717) is 12.0 Å². The van der Waals surface area contributed by atoms with Crippen LogP contribution in [0.5, 0.6) is 5.75 Å². The maximum absolute atomic E-state index is 6.19. The number of anilines is 1. The average molecular weight is 262 g/mol. The highest BCUT2D eigenvalue weighted by atomic mass is 16.5. The predicted octanol–water partition coefficient (Wildman–Crippen LogP) is 3.50. The first-order valence-electron chi connectivity index (χ1n) is 7.32. The second kappa shape index (κ2) is 6.29. The van der Waals surface area contributed by atoms with Gasteiger partial charge in [0.25, 0.3) is 0 Å². The van der Waals surface area contributed by atoms with Gasteiger partial charge in [-0.3, -0.25) is 0 Å². The summed E-state index contributed by atoms with van der Waals surface area (Å²) < 4.78 is 5.42. The maximum Gasteiger partial charge on any atom is 0.122 e. The topological polar surface area (TPSA) is 47.3 Å². The standard InChI is InChI=1S/C16H26N2O/c1-11(2)13-10-12(8-9-16(13)19-3)18-15-7-5-4-6-14(15)17/h8-11,14-15,18H,4-7,17H2,1-3H3. The summed E-state index contributed by atoms with van der Waals surface area (Å²) in [5, 5.41) is 3.60. The lowest BCUT2D eigenvalue weighted by Gasteiger charge is -2.30. The van der Waals surface area contributed by atoms with E-state index in [4.69, 9.17) is 10.5 Å². The molecule has 1 saturated carbocycles. The largest absolute Gasteiger partial charge is 0.496 e. The van der Waals surface area contributed by atoms with Crippen LogP contribution in [0.15, 0.2) is 18.2 Å². The first-order valence-corrected chi connectivity index (χ1v) is 7.32. The summed E-state index contributed by atoms with van der Waals surface area (Å²) in [6.07, 6.45) is 4.84. The highest BCUT2D eigenvalue weighted by molar-refractivity contribution is 5.53. The Bertz CT molecular complexity index is 417. The van der Waals surface area contributed by atoms with Crippen LogP contribution in [-0.4, -0.2) is 19.2 Å². The third-order valence-corrected chi connectivity index (χ3v) is 4.02. The minimum atomic E-state index is 0.276. The first kappa shape index (κ1) is 14.2. The molecule has 0 saturated heterocycles. The van der Waals surface area contributed by atoms with Gasteiger partial charge in [0.05, 0.1) is 7.11 Å². The molecule has 1 aliphatic carbocycles. The molecule has 2 unspecified atom stereocenters. The second-order valence-electron chi connectivity index (χ2n) is 5.81. The van der Waals surface area contributed by atoms with Crippen molar-refractivity contribution in [2.24, 2.45) is 5.73 Å². The normalized spacial score (nSPS) is 23.4.